The van der Waals surface area contributed by atoms with E-state index in [1.54, 1.807) is 11.8 Å². The fraction of sp³-hybridized carbons (Fsp3) is 0.500. The third-order valence-electron chi connectivity index (χ3n) is 5.39. The fourth-order valence-electron chi connectivity index (χ4n) is 3.85. The van der Waals surface area contributed by atoms with Gasteiger partial charge in [-0.3, -0.25) is 4.57 Å². The summed E-state index contributed by atoms with van der Waals surface area (Å²) >= 11 is 7.52. The van der Waals surface area contributed by atoms with Gasteiger partial charge in [-0.2, -0.15) is 4.98 Å². The summed E-state index contributed by atoms with van der Waals surface area (Å²) in [7, 11) is 0. The lowest BCUT2D eigenvalue weighted by molar-refractivity contribution is 0.0952. The molecule has 2 fully saturated rings. The highest BCUT2D eigenvalue weighted by atomic mass is 35.5. The number of nitrogens with zero attached hydrogens (tertiary/aromatic N) is 6. The van der Waals surface area contributed by atoms with Crippen LogP contribution in [0.2, 0.25) is 5.02 Å². The van der Waals surface area contributed by atoms with Crippen molar-refractivity contribution in [2.24, 2.45) is 0 Å². The molecule has 0 aliphatic carbocycles. The van der Waals surface area contributed by atoms with Crippen molar-refractivity contribution in [3.05, 3.63) is 35.2 Å². The van der Waals surface area contributed by atoms with Crippen molar-refractivity contribution in [3.63, 3.8) is 0 Å². The van der Waals surface area contributed by atoms with Gasteiger partial charge in [0.1, 0.15) is 0 Å². The van der Waals surface area contributed by atoms with Crippen molar-refractivity contribution >= 4 is 29.3 Å². The van der Waals surface area contributed by atoms with Crippen LogP contribution >= 0.6 is 23.4 Å². The number of benzene rings is 1. The number of hydrogen-bond donors (Lipinski definition) is 0. The van der Waals surface area contributed by atoms with Crippen LogP contribution in [0.25, 0.3) is 11.4 Å². The Hall–Kier alpha value is -2.10. The molecule has 158 valence electrons. The van der Waals surface area contributed by atoms with Crippen LogP contribution in [0, 0.1) is 0 Å². The first-order valence-corrected chi connectivity index (χ1v) is 11.6. The number of halogens is 1. The van der Waals surface area contributed by atoms with Crippen molar-refractivity contribution in [2.75, 3.05) is 24.6 Å². The number of aromatic nitrogens is 5. The second kappa shape index (κ2) is 8.95. The summed E-state index contributed by atoms with van der Waals surface area (Å²) in [6, 6.07) is 7.39. The highest BCUT2D eigenvalue weighted by molar-refractivity contribution is 7.98. The van der Waals surface area contributed by atoms with Gasteiger partial charge >= 0.3 is 0 Å². The highest BCUT2D eigenvalue weighted by Crippen LogP contribution is 2.29. The largest absolute Gasteiger partial charge is 0.376 e. The van der Waals surface area contributed by atoms with Gasteiger partial charge in [0.2, 0.25) is 17.7 Å². The van der Waals surface area contributed by atoms with Gasteiger partial charge < -0.3 is 14.2 Å². The van der Waals surface area contributed by atoms with E-state index in [-0.39, 0.29) is 6.10 Å². The number of hydrogen-bond acceptors (Lipinski definition) is 8. The second-order valence-corrected chi connectivity index (χ2v) is 8.91. The first kappa shape index (κ1) is 19.8. The van der Waals surface area contributed by atoms with Crippen molar-refractivity contribution in [2.45, 2.75) is 49.2 Å². The van der Waals surface area contributed by atoms with E-state index >= 15 is 0 Å². The highest BCUT2D eigenvalue weighted by Gasteiger charge is 2.25. The molecule has 0 radical (unpaired) electrons. The lowest BCUT2D eigenvalue weighted by atomic mass is 10.2. The summed E-state index contributed by atoms with van der Waals surface area (Å²) in [5.41, 5.74) is 0.872. The minimum atomic E-state index is 0.224. The summed E-state index contributed by atoms with van der Waals surface area (Å²) in [5, 5.41) is 14.6. The van der Waals surface area contributed by atoms with Gasteiger partial charge in [-0.25, -0.2) is 0 Å². The van der Waals surface area contributed by atoms with Crippen LogP contribution in [0.4, 0.5) is 5.95 Å². The normalized spacial score (nSPS) is 19.1. The molecule has 2 aromatic heterocycles. The van der Waals surface area contributed by atoms with Crippen LogP contribution in [0.15, 0.2) is 33.9 Å². The average Bonchev–Trinajstić information content (AvgIpc) is 3.55. The number of thioether (sulfide) groups is 1. The molecular formula is C20H23ClN6O2S. The maximum absolute atomic E-state index is 5.95. The van der Waals surface area contributed by atoms with Crippen molar-refractivity contribution in [1.82, 2.24) is 24.9 Å². The summed E-state index contributed by atoms with van der Waals surface area (Å²) < 4.78 is 13.5. The van der Waals surface area contributed by atoms with E-state index in [2.05, 4.69) is 29.8 Å². The van der Waals surface area contributed by atoms with E-state index in [1.807, 2.05) is 24.3 Å². The zero-order valence-electron chi connectivity index (χ0n) is 16.5. The zero-order chi connectivity index (χ0) is 20.3. The fourth-order valence-corrected chi connectivity index (χ4v) is 4.75. The third-order valence-corrected chi connectivity index (χ3v) is 6.60. The van der Waals surface area contributed by atoms with Crippen LogP contribution < -0.4 is 4.90 Å². The van der Waals surface area contributed by atoms with Gasteiger partial charge in [-0.05, 0) is 49.9 Å². The smallest absolute Gasteiger partial charge is 0.237 e. The standard InChI is InChI=1S/C20H23ClN6O2S/c21-15-7-5-14(6-8-15)18-22-17(29-25-18)13-30-20-24-23-19(26-9-1-2-10-26)27(20)12-16-4-3-11-28-16/h5-8,16H,1-4,9-13H2/t16-/m0/s1. The van der Waals surface area contributed by atoms with Crippen molar-refractivity contribution < 1.29 is 9.26 Å². The lowest BCUT2D eigenvalue weighted by Crippen LogP contribution is -2.25. The SMILES string of the molecule is Clc1ccc(-c2noc(CSc3nnc(N4CCCC4)n3C[C@@H]3CCCO3)n2)cc1. The Morgan fingerprint density at radius 1 is 1.10 bits per heavy atom. The minimum absolute atomic E-state index is 0.224. The molecule has 5 rings (SSSR count). The van der Waals surface area contributed by atoms with Crippen LogP contribution in [0.5, 0.6) is 0 Å². The molecule has 2 aliphatic heterocycles. The lowest BCUT2D eigenvalue weighted by Gasteiger charge is -2.20. The van der Waals surface area contributed by atoms with Crippen LogP contribution in [0.3, 0.4) is 0 Å². The second-order valence-electron chi connectivity index (χ2n) is 7.53. The predicted molar refractivity (Wildman–Crippen MR) is 115 cm³/mol. The van der Waals surface area contributed by atoms with Gasteiger partial charge in [0, 0.05) is 30.3 Å². The first-order valence-electron chi connectivity index (χ1n) is 10.3. The molecule has 8 nitrogen and oxygen atoms in total. The van der Waals surface area contributed by atoms with Gasteiger partial charge in [-0.1, -0.05) is 28.5 Å². The van der Waals surface area contributed by atoms with Crippen LogP contribution in [-0.4, -0.2) is 50.7 Å². The molecule has 1 aromatic carbocycles. The van der Waals surface area contributed by atoms with Gasteiger partial charge in [0.05, 0.1) is 18.4 Å². The molecule has 1 atom stereocenters. The molecule has 0 bridgehead atoms. The number of anilines is 1. The molecule has 3 aromatic rings. The topological polar surface area (TPSA) is 82.1 Å². The summed E-state index contributed by atoms with van der Waals surface area (Å²) in [4.78, 5) is 6.83. The Balaban J connectivity index is 1.31. The van der Waals surface area contributed by atoms with Gasteiger partial charge in [0.15, 0.2) is 5.16 Å². The van der Waals surface area contributed by atoms with Crippen LogP contribution in [-0.2, 0) is 17.0 Å². The van der Waals surface area contributed by atoms with Gasteiger partial charge in [0.25, 0.3) is 0 Å². The Labute approximate surface area is 183 Å². The maximum Gasteiger partial charge on any atom is 0.237 e. The zero-order valence-corrected chi connectivity index (χ0v) is 18.1. The number of rotatable bonds is 7. The van der Waals surface area contributed by atoms with E-state index in [0.717, 1.165) is 55.8 Å². The Bertz CT molecular complexity index is 980. The Kier molecular flexibility index (Phi) is 5.92. The molecule has 0 spiro atoms. The van der Waals surface area contributed by atoms with E-state index in [9.17, 15) is 0 Å². The predicted octanol–water partition coefficient (Wildman–Crippen LogP) is 4.05. The monoisotopic (exact) mass is 446 g/mol. The summed E-state index contributed by atoms with van der Waals surface area (Å²) in [6.45, 7) is 3.68. The average molecular weight is 447 g/mol. The molecule has 4 heterocycles. The third kappa shape index (κ3) is 4.33. The number of ether oxygens (including phenoxy) is 1. The molecular weight excluding hydrogens is 424 g/mol. The Morgan fingerprint density at radius 3 is 2.70 bits per heavy atom. The van der Waals surface area contributed by atoms with Crippen LogP contribution in [0.1, 0.15) is 31.6 Å². The van der Waals surface area contributed by atoms with E-state index in [1.165, 1.54) is 12.8 Å². The minimum Gasteiger partial charge on any atom is -0.376 e. The quantitative estimate of drug-likeness (QED) is 0.502. The molecule has 30 heavy (non-hydrogen) atoms. The molecule has 10 heteroatoms. The van der Waals surface area contributed by atoms with Gasteiger partial charge in [-0.15, -0.1) is 10.2 Å². The molecule has 0 N–H and O–H groups in total. The van der Waals surface area contributed by atoms with E-state index in [0.29, 0.717) is 22.5 Å². The first-order chi connectivity index (χ1) is 14.8. The molecule has 0 unspecified atom stereocenters. The van der Waals surface area contributed by atoms with Crippen molar-refractivity contribution in [1.29, 1.82) is 0 Å². The molecule has 0 saturated carbocycles. The molecule has 2 aliphatic rings. The van der Waals surface area contributed by atoms with E-state index < -0.39 is 0 Å². The summed E-state index contributed by atoms with van der Waals surface area (Å²) in [5.74, 6) is 2.59. The molecule has 0 amide bonds. The van der Waals surface area contributed by atoms with E-state index in [4.69, 9.17) is 20.9 Å². The summed E-state index contributed by atoms with van der Waals surface area (Å²) in [6.07, 6.45) is 4.82. The van der Waals surface area contributed by atoms with Crippen molar-refractivity contribution in [3.8, 4) is 11.4 Å². The Morgan fingerprint density at radius 2 is 1.93 bits per heavy atom. The maximum atomic E-state index is 5.95. The molecule has 2 saturated heterocycles.